The van der Waals surface area contributed by atoms with Crippen LogP contribution in [0.1, 0.15) is 16.7 Å². The molecule has 0 aliphatic carbocycles. The largest absolute Gasteiger partial charge is 0.218 e. The molecule has 4 rings (SSSR count). The van der Waals surface area contributed by atoms with E-state index in [0.717, 1.165) is 22.3 Å². The summed E-state index contributed by atoms with van der Waals surface area (Å²) < 4.78 is 26.2. The predicted octanol–water partition coefficient (Wildman–Crippen LogP) is 4.39. The van der Waals surface area contributed by atoms with Crippen molar-refractivity contribution >= 4 is 20.3 Å². The zero-order chi connectivity index (χ0) is 15.9. The number of hydrogen-bond donors (Lipinski definition) is 0. The van der Waals surface area contributed by atoms with E-state index >= 15 is 0 Å². The number of sulfone groups is 1. The number of benzene rings is 3. The normalized spacial score (nSPS) is 15.5. The number of rotatable bonds is 2. The topological polar surface area (TPSA) is 34.1 Å². The Morgan fingerprint density at radius 1 is 0.565 bits per heavy atom. The van der Waals surface area contributed by atoms with Gasteiger partial charge in [-0.25, -0.2) is 8.42 Å². The average molecular weight is 318 g/mol. The first kappa shape index (κ1) is 14.0. The molecule has 0 amide bonds. The van der Waals surface area contributed by atoms with Crippen LogP contribution >= 0.6 is 0 Å². The van der Waals surface area contributed by atoms with Crippen molar-refractivity contribution in [1.82, 2.24) is 0 Å². The fourth-order valence-electron chi connectivity index (χ4n) is 3.05. The molecular weight excluding hydrogens is 304 g/mol. The Balaban J connectivity index is 2.13. The molecule has 0 atom stereocenters. The van der Waals surface area contributed by atoms with E-state index in [0.29, 0.717) is 9.80 Å². The lowest BCUT2D eigenvalue weighted by Crippen LogP contribution is -2.00. The lowest BCUT2D eigenvalue weighted by Gasteiger charge is -2.08. The van der Waals surface area contributed by atoms with E-state index < -0.39 is 9.84 Å². The van der Waals surface area contributed by atoms with Crippen LogP contribution in [-0.4, -0.2) is 8.42 Å². The summed E-state index contributed by atoms with van der Waals surface area (Å²) in [7, 11) is -3.52. The van der Waals surface area contributed by atoms with Crippen LogP contribution in [0.2, 0.25) is 0 Å². The molecule has 0 aromatic heterocycles. The second-order valence-corrected chi connectivity index (χ2v) is 7.29. The minimum atomic E-state index is -3.52. The molecule has 1 aliphatic heterocycles. The van der Waals surface area contributed by atoms with E-state index in [-0.39, 0.29) is 0 Å². The van der Waals surface area contributed by atoms with Gasteiger partial charge in [-0.15, -0.1) is 0 Å². The summed E-state index contributed by atoms with van der Waals surface area (Å²) in [6.07, 6.45) is 0. The van der Waals surface area contributed by atoms with E-state index in [9.17, 15) is 8.42 Å². The maximum atomic E-state index is 13.1. The zero-order valence-corrected chi connectivity index (χ0v) is 13.1. The third-order valence-corrected chi connectivity index (χ3v) is 5.95. The second-order valence-electron chi connectivity index (χ2n) is 5.44. The fourth-order valence-corrected chi connectivity index (χ4v) is 4.93. The van der Waals surface area contributed by atoms with Gasteiger partial charge in [0.15, 0.2) is 0 Å². The van der Waals surface area contributed by atoms with Gasteiger partial charge in [0.05, 0.1) is 9.80 Å². The van der Waals surface area contributed by atoms with Crippen molar-refractivity contribution in [1.29, 1.82) is 0 Å². The summed E-state index contributed by atoms with van der Waals surface area (Å²) in [4.78, 5) is 0.781. The average Bonchev–Trinajstić information content (AvgIpc) is 2.84. The molecule has 3 heteroatoms. The lowest BCUT2D eigenvalue weighted by atomic mass is 9.96. The van der Waals surface area contributed by atoms with Gasteiger partial charge in [0, 0.05) is 11.1 Å². The standard InChI is InChI=1S/C20H14O2S/c21-23(22)18-14-8-7-13-17(18)19(15-9-3-1-4-10-15)20(23)16-11-5-2-6-12-16/h1-14H. The molecule has 3 aromatic rings. The second kappa shape index (κ2) is 5.21. The van der Waals surface area contributed by atoms with E-state index in [4.69, 9.17) is 0 Å². The van der Waals surface area contributed by atoms with Crippen LogP contribution in [0.15, 0.2) is 89.8 Å². The van der Waals surface area contributed by atoms with Crippen molar-refractivity contribution in [2.24, 2.45) is 0 Å². The van der Waals surface area contributed by atoms with Gasteiger partial charge in [-0.1, -0.05) is 78.9 Å². The highest BCUT2D eigenvalue weighted by Crippen LogP contribution is 2.46. The molecule has 0 bridgehead atoms. The predicted molar refractivity (Wildman–Crippen MR) is 92.4 cm³/mol. The van der Waals surface area contributed by atoms with Crippen LogP contribution in [0, 0.1) is 0 Å². The first-order valence-electron chi connectivity index (χ1n) is 7.39. The first-order chi connectivity index (χ1) is 11.2. The first-order valence-corrected chi connectivity index (χ1v) is 8.87. The molecule has 0 fully saturated rings. The van der Waals surface area contributed by atoms with Crippen molar-refractivity contribution in [3.8, 4) is 0 Å². The van der Waals surface area contributed by atoms with Gasteiger partial charge in [0.25, 0.3) is 0 Å². The molecule has 112 valence electrons. The molecule has 0 saturated carbocycles. The molecule has 0 saturated heterocycles. The van der Waals surface area contributed by atoms with Crippen LogP contribution in [0.3, 0.4) is 0 Å². The highest BCUT2D eigenvalue weighted by Gasteiger charge is 2.36. The minimum Gasteiger partial charge on any atom is -0.218 e. The molecule has 1 aliphatic rings. The summed E-state index contributed by atoms with van der Waals surface area (Å²) >= 11 is 0. The van der Waals surface area contributed by atoms with E-state index in [2.05, 4.69) is 0 Å². The molecule has 0 unspecified atom stereocenters. The Morgan fingerprint density at radius 3 is 1.74 bits per heavy atom. The Kier molecular flexibility index (Phi) is 3.17. The van der Waals surface area contributed by atoms with E-state index in [1.165, 1.54) is 0 Å². The van der Waals surface area contributed by atoms with Crippen LogP contribution in [-0.2, 0) is 9.84 Å². The Morgan fingerprint density at radius 2 is 1.09 bits per heavy atom. The van der Waals surface area contributed by atoms with E-state index in [1.54, 1.807) is 12.1 Å². The van der Waals surface area contributed by atoms with Gasteiger partial charge in [0.1, 0.15) is 0 Å². The quantitative estimate of drug-likeness (QED) is 0.702. The smallest absolute Gasteiger partial charge is 0.208 e. The summed E-state index contributed by atoms with van der Waals surface area (Å²) in [5, 5.41) is 0. The molecule has 0 radical (unpaired) electrons. The molecule has 0 spiro atoms. The maximum Gasteiger partial charge on any atom is 0.208 e. The molecular formula is C20H14O2S. The van der Waals surface area contributed by atoms with Gasteiger partial charge >= 0.3 is 0 Å². The lowest BCUT2D eigenvalue weighted by molar-refractivity contribution is 0.606. The molecule has 23 heavy (non-hydrogen) atoms. The molecule has 3 aromatic carbocycles. The van der Waals surface area contributed by atoms with E-state index in [1.807, 2.05) is 72.8 Å². The van der Waals surface area contributed by atoms with Crippen molar-refractivity contribution in [2.45, 2.75) is 4.90 Å². The summed E-state index contributed by atoms with van der Waals surface area (Å²) in [6.45, 7) is 0. The van der Waals surface area contributed by atoms with Crippen LogP contribution in [0.25, 0.3) is 10.5 Å². The van der Waals surface area contributed by atoms with Crippen LogP contribution in [0.4, 0.5) is 0 Å². The van der Waals surface area contributed by atoms with Gasteiger partial charge in [-0.05, 0) is 17.2 Å². The third-order valence-electron chi connectivity index (χ3n) is 4.04. The van der Waals surface area contributed by atoms with Crippen molar-refractivity contribution < 1.29 is 8.42 Å². The molecule has 0 N–H and O–H groups in total. The summed E-state index contributed by atoms with van der Waals surface area (Å²) in [5.41, 5.74) is 3.20. The Hall–Kier alpha value is -2.65. The van der Waals surface area contributed by atoms with Crippen molar-refractivity contribution in [3.05, 3.63) is 102 Å². The Bertz CT molecular complexity index is 1000. The fraction of sp³-hybridized carbons (Fsp3) is 0. The highest BCUT2D eigenvalue weighted by molar-refractivity contribution is 8.01. The van der Waals surface area contributed by atoms with Gasteiger partial charge < -0.3 is 0 Å². The Labute approximate surface area is 135 Å². The summed E-state index contributed by atoms with van der Waals surface area (Å²) in [6, 6.07) is 26.2. The zero-order valence-electron chi connectivity index (χ0n) is 12.3. The third kappa shape index (κ3) is 2.13. The molecule has 2 nitrogen and oxygen atoms in total. The van der Waals surface area contributed by atoms with Crippen LogP contribution < -0.4 is 0 Å². The van der Waals surface area contributed by atoms with Crippen molar-refractivity contribution in [3.63, 3.8) is 0 Å². The van der Waals surface area contributed by atoms with Gasteiger partial charge in [-0.2, -0.15) is 0 Å². The van der Waals surface area contributed by atoms with Gasteiger partial charge in [-0.3, -0.25) is 0 Å². The van der Waals surface area contributed by atoms with Crippen molar-refractivity contribution in [2.75, 3.05) is 0 Å². The minimum absolute atomic E-state index is 0.387. The van der Waals surface area contributed by atoms with Gasteiger partial charge in [0.2, 0.25) is 9.84 Å². The monoisotopic (exact) mass is 318 g/mol. The highest BCUT2D eigenvalue weighted by atomic mass is 32.2. The van der Waals surface area contributed by atoms with Crippen LogP contribution in [0.5, 0.6) is 0 Å². The SMILES string of the molecule is O=S1(=O)C(c2ccccc2)=C(c2ccccc2)c2ccccc21. The molecule has 1 heterocycles. The summed E-state index contributed by atoms with van der Waals surface area (Å²) in [5.74, 6) is 0. The maximum absolute atomic E-state index is 13.1. The number of fused-ring (bicyclic) bond motifs is 1. The number of hydrogen-bond acceptors (Lipinski definition) is 2.